The minimum atomic E-state index is -1.55. The number of aliphatic hydroxyl groups is 1. The normalized spacial score (nSPS) is 16.8. The zero-order chi connectivity index (χ0) is 38.7. The van der Waals surface area contributed by atoms with E-state index in [1.54, 1.807) is 36.5 Å². The topological polar surface area (TPSA) is 279 Å². The number of primary amides is 1. The van der Waals surface area contributed by atoms with Crippen molar-refractivity contribution < 1.29 is 43.8 Å². The summed E-state index contributed by atoms with van der Waals surface area (Å²) in [5, 5.41) is 29.7. The summed E-state index contributed by atoms with van der Waals surface area (Å²) in [4.78, 5) is 95.6. The van der Waals surface area contributed by atoms with Crippen molar-refractivity contribution in [2.24, 2.45) is 11.5 Å². The van der Waals surface area contributed by atoms with Gasteiger partial charge in [-0.3, -0.25) is 28.8 Å². The number of carbonyl (C=O) groups excluding carboxylic acids is 6. The predicted octanol–water partition coefficient (Wildman–Crippen LogP) is -1.91. The molecule has 0 saturated carbocycles. The molecule has 4 rings (SSSR count). The van der Waals surface area contributed by atoms with Gasteiger partial charge in [0, 0.05) is 42.2 Å². The highest BCUT2D eigenvalue weighted by molar-refractivity contribution is 7.80. The average Bonchev–Trinajstić information content (AvgIpc) is 3.80. The molecular weight excluding hydrogens is 708 g/mol. The fraction of sp³-hybridized carbons (Fsp3) is 0.400. The van der Waals surface area contributed by atoms with Crippen LogP contribution >= 0.6 is 12.6 Å². The number of hydrogen-bond acceptors (Lipinski definition) is 10. The maximum Gasteiger partial charge on any atom is 0.327 e. The van der Waals surface area contributed by atoms with Crippen LogP contribution in [-0.2, 0) is 46.4 Å². The minimum absolute atomic E-state index is 0.0312. The first kappa shape index (κ1) is 40.3. The van der Waals surface area contributed by atoms with Gasteiger partial charge in [0.1, 0.15) is 36.3 Å². The number of thiol groups is 1. The molecule has 0 radical (unpaired) electrons. The van der Waals surface area contributed by atoms with Gasteiger partial charge in [0.25, 0.3) is 0 Å². The van der Waals surface area contributed by atoms with Gasteiger partial charge < -0.3 is 52.8 Å². The minimum Gasteiger partial charge on any atom is -0.480 e. The molecule has 284 valence electrons. The number of carbonyl (C=O) groups is 7. The number of carboxylic acid groups (broad SMARTS) is 1. The Balaban J connectivity index is 1.60. The SMILES string of the molecule is NC(=O)C[C@H](NC(=O)[C@H](Cc1ccccc1)NC(=O)[C@H](Cc1c[nH]c2ccccc12)NC(=O)[C@@H](N)CO)C(=O)N1CCC[C@H]1C(=O)N[C@@H](CS)C(=O)O. The summed E-state index contributed by atoms with van der Waals surface area (Å²) in [6.07, 6.45) is 1.52. The van der Waals surface area contributed by atoms with Crippen LogP contribution in [0.4, 0.5) is 0 Å². The van der Waals surface area contributed by atoms with Crippen LogP contribution in [0, 0.1) is 0 Å². The van der Waals surface area contributed by atoms with Crippen molar-refractivity contribution in [1.29, 1.82) is 0 Å². The summed E-state index contributed by atoms with van der Waals surface area (Å²) in [6, 6.07) is 8.04. The van der Waals surface area contributed by atoms with Crippen molar-refractivity contribution in [3.63, 3.8) is 0 Å². The molecule has 1 aromatic heterocycles. The van der Waals surface area contributed by atoms with Crippen molar-refractivity contribution >= 4 is 64.9 Å². The number of nitrogens with zero attached hydrogens (tertiary/aromatic N) is 1. The molecule has 1 saturated heterocycles. The number of nitrogens with two attached hydrogens (primary N) is 2. The highest BCUT2D eigenvalue weighted by Gasteiger charge is 2.40. The number of amides is 6. The fourth-order valence-corrected chi connectivity index (χ4v) is 6.30. The smallest absolute Gasteiger partial charge is 0.327 e. The number of hydrogen-bond donors (Lipinski definition) is 10. The number of aliphatic carboxylic acids is 1. The number of para-hydroxylation sites is 1. The van der Waals surface area contributed by atoms with Crippen molar-refractivity contribution in [3.8, 4) is 0 Å². The Hall–Kier alpha value is -5.46. The molecule has 2 aromatic carbocycles. The molecule has 18 heteroatoms. The molecule has 17 nitrogen and oxygen atoms in total. The number of benzene rings is 2. The van der Waals surface area contributed by atoms with Crippen molar-refractivity contribution in [2.75, 3.05) is 18.9 Å². The Bertz CT molecular complexity index is 1810. The van der Waals surface area contributed by atoms with E-state index in [4.69, 9.17) is 11.5 Å². The van der Waals surface area contributed by atoms with Crippen LogP contribution in [0.1, 0.15) is 30.4 Å². The lowest BCUT2D eigenvalue weighted by Crippen LogP contribution is -2.60. The Morgan fingerprint density at radius 1 is 0.849 bits per heavy atom. The molecule has 0 spiro atoms. The molecule has 6 amide bonds. The summed E-state index contributed by atoms with van der Waals surface area (Å²) in [6.45, 7) is -0.605. The van der Waals surface area contributed by atoms with Gasteiger partial charge in [-0.1, -0.05) is 48.5 Å². The van der Waals surface area contributed by atoms with Gasteiger partial charge in [0.2, 0.25) is 35.4 Å². The quantitative estimate of drug-likeness (QED) is 0.0644. The summed E-state index contributed by atoms with van der Waals surface area (Å²) >= 11 is 3.96. The number of nitrogens with one attached hydrogen (secondary N) is 5. The number of aliphatic hydroxyl groups excluding tert-OH is 1. The first-order valence-electron chi connectivity index (χ1n) is 16.9. The Morgan fingerprint density at radius 2 is 1.47 bits per heavy atom. The van der Waals surface area contributed by atoms with Gasteiger partial charge in [-0.25, -0.2) is 4.79 Å². The van der Waals surface area contributed by atoms with E-state index >= 15 is 0 Å². The lowest BCUT2D eigenvalue weighted by atomic mass is 10.0. The highest BCUT2D eigenvalue weighted by Crippen LogP contribution is 2.21. The van der Waals surface area contributed by atoms with E-state index < -0.39 is 90.7 Å². The summed E-state index contributed by atoms with van der Waals surface area (Å²) < 4.78 is 0. The largest absolute Gasteiger partial charge is 0.480 e. The summed E-state index contributed by atoms with van der Waals surface area (Å²) in [7, 11) is 0. The summed E-state index contributed by atoms with van der Waals surface area (Å²) in [5.41, 5.74) is 13.3. The zero-order valence-electron chi connectivity index (χ0n) is 28.7. The van der Waals surface area contributed by atoms with E-state index in [0.29, 0.717) is 17.5 Å². The van der Waals surface area contributed by atoms with E-state index in [0.717, 1.165) is 15.8 Å². The number of likely N-dealkylation sites (tertiary alicyclic amines) is 1. The molecule has 6 atom stereocenters. The molecule has 1 aliphatic rings. The van der Waals surface area contributed by atoms with Gasteiger partial charge in [-0.2, -0.15) is 12.6 Å². The van der Waals surface area contributed by atoms with Crippen molar-refractivity contribution in [3.05, 3.63) is 71.9 Å². The predicted molar refractivity (Wildman–Crippen MR) is 195 cm³/mol. The Kier molecular flexibility index (Phi) is 14.3. The molecule has 1 aliphatic heterocycles. The monoisotopic (exact) mass is 752 g/mol. The van der Waals surface area contributed by atoms with Crippen LogP contribution in [0.5, 0.6) is 0 Å². The first-order valence-corrected chi connectivity index (χ1v) is 17.5. The van der Waals surface area contributed by atoms with Crippen LogP contribution in [0.2, 0.25) is 0 Å². The second-order valence-electron chi connectivity index (χ2n) is 12.7. The molecule has 0 bridgehead atoms. The molecule has 3 aromatic rings. The fourth-order valence-electron chi connectivity index (χ4n) is 6.05. The molecule has 1 fully saturated rings. The molecular formula is C35H44N8O9S. The second-order valence-corrected chi connectivity index (χ2v) is 13.0. The lowest BCUT2D eigenvalue weighted by Gasteiger charge is -2.30. The van der Waals surface area contributed by atoms with Gasteiger partial charge in [0.15, 0.2) is 0 Å². The highest BCUT2D eigenvalue weighted by atomic mass is 32.1. The third kappa shape index (κ3) is 10.8. The third-order valence-electron chi connectivity index (χ3n) is 8.84. The number of aromatic nitrogens is 1. The molecule has 0 unspecified atom stereocenters. The Labute approximate surface area is 310 Å². The van der Waals surface area contributed by atoms with Crippen LogP contribution in [0.15, 0.2) is 60.8 Å². The van der Waals surface area contributed by atoms with E-state index in [2.05, 4.69) is 38.9 Å². The van der Waals surface area contributed by atoms with Gasteiger partial charge in [-0.05, 0) is 30.0 Å². The average molecular weight is 753 g/mol. The Morgan fingerprint density at radius 3 is 2.11 bits per heavy atom. The maximum atomic E-state index is 14.0. The zero-order valence-corrected chi connectivity index (χ0v) is 29.6. The number of fused-ring (bicyclic) bond motifs is 1. The molecule has 53 heavy (non-hydrogen) atoms. The van der Waals surface area contributed by atoms with Crippen molar-refractivity contribution in [2.45, 2.75) is 68.4 Å². The third-order valence-corrected chi connectivity index (χ3v) is 9.20. The van der Waals surface area contributed by atoms with Crippen LogP contribution in [-0.4, -0.2) is 117 Å². The lowest BCUT2D eigenvalue weighted by molar-refractivity contribution is -0.145. The second kappa shape index (κ2) is 18.9. The number of aromatic amines is 1. The number of H-pyrrole nitrogens is 1. The van der Waals surface area contributed by atoms with Crippen LogP contribution in [0.25, 0.3) is 10.9 Å². The van der Waals surface area contributed by atoms with Crippen LogP contribution < -0.4 is 32.7 Å². The van der Waals surface area contributed by atoms with Gasteiger partial charge in [0.05, 0.1) is 13.0 Å². The van der Waals surface area contributed by atoms with Crippen LogP contribution in [0.3, 0.4) is 0 Å². The molecule has 2 heterocycles. The van der Waals surface area contributed by atoms with E-state index in [9.17, 15) is 43.8 Å². The molecule has 11 N–H and O–H groups in total. The van der Waals surface area contributed by atoms with Crippen molar-refractivity contribution in [1.82, 2.24) is 31.2 Å². The standard InChI is InChI=1S/C35H44N8O9S/c36-22(17-44)30(46)39-25(14-20-16-38-23-10-5-4-9-21(20)23)32(48)40-24(13-19-7-2-1-3-8-19)31(47)41-26(15-29(37)45)34(50)43-12-6-11-28(43)33(49)42-27(18-53)35(51)52/h1-5,7-10,16,22,24-28,38,44,53H,6,11-15,17-18,36H2,(H2,37,45)(H,39,46)(H,40,48)(H,41,47)(H,42,49)(H,51,52)/t22-,24-,25-,26-,27-,28-/m0/s1. The first-order chi connectivity index (χ1) is 25.3. The molecule has 0 aliphatic carbocycles. The van der Waals surface area contributed by atoms with Gasteiger partial charge >= 0.3 is 5.97 Å². The number of rotatable bonds is 18. The van der Waals surface area contributed by atoms with E-state index in [1.165, 1.54) is 0 Å². The van der Waals surface area contributed by atoms with Gasteiger partial charge in [-0.15, -0.1) is 0 Å². The summed E-state index contributed by atoms with van der Waals surface area (Å²) in [5.74, 6) is -6.44. The maximum absolute atomic E-state index is 14.0. The number of carboxylic acids is 1. The van der Waals surface area contributed by atoms with E-state index in [-0.39, 0.29) is 31.6 Å². The van der Waals surface area contributed by atoms with E-state index in [1.807, 2.05) is 24.3 Å².